The van der Waals surface area contributed by atoms with Gasteiger partial charge < -0.3 is 20.6 Å². The minimum absolute atomic E-state index is 0.0262. The summed E-state index contributed by atoms with van der Waals surface area (Å²) in [4.78, 5) is 48.1. The number of hydrogen-bond donors (Lipinski definition) is 3. The minimum Gasteiger partial charge on any atom is -0.483 e. The lowest BCUT2D eigenvalue weighted by molar-refractivity contribution is -0.122. The van der Waals surface area contributed by atoms with Gasteiger partial charge in [-0.2, -0.15) is 4.98 Å². The Morgan fingerprint density at radius 3 is 2.59 bits per heavy atom. The molecule has 1 fully saturated rings. The van der Waals surface area contributed by atoms with Crippen LogP contribution < -0.4 is 16.2 Å². The highest BCUT2D eigenvalue weighted by Gasteiger charge is 2.24. The van der Waals surface area contributed by atoms with E-state index in [1.54, 1.807) is 0 Å². The van der Waals surface area contributed by atoms with Crippen molar-refractivity contribution in [2.75, 3.05) is 36.8 Å². The summed E-state index contributed by atoms with van der Waals surface area (Å²) in [5, 5.41) is 7.79. The fraction of sp³-hybridized carbons (Fsp3) is 0.438. The number of carboxylic acid groups (broad SMARTS) is 1. The molecule has 1 amide bonds. The average molecular weight is 394 g/mol. The van der Waals surface area contributed by atoms with Gasteiger partial charge in [-0.1, -0.05) is 0 Å². The van der Waals surface area contributed by atoms with Crippen LogP contribution in [0.5, 0.6) is 0 Å². The Kier molecular flexibility index (Phi) is 6.88. The van der Waals surface area contributed by atoms with Gasteiger partial charge in [-0.3, -0.25) is 19.4 Å². The first-order valence-electron chi connectivity index (χ1n) is 8.28. The topological polar surface area (TPSA) is 146 Å². The van der Waals surface area contributed by atoms with E-state index in [0.29, 0.717) is 30.3 Å². The van der Waals surface area contributed by atoms with E-state index in [-0.39, 0.29) is 23.9 Å². The molecule has 1 aliphatic rings. The number of amides is 1. The van der Waals surface area contributed by atoms with Crippen LogP contribution in [0.3, 0.4) is 0 Å². The molecule has 146 valence electrons. The number of aryl methyl sites for hydroxylation is 2. The lowest BCUT2D eigenvalue weighted by Crippen LogP contribution is -2.35. The predicted octanol–water partition coefficient (Wildman–Crippen LogP) is 0.479. The summed E-state index contributed by atoms with van der Waals surface area (Å²) < 4.78 is 0. The molecule has 0 saturated carbocycles. The zero-order chi connectivity index (χ0) is 20.0. The van der Waals surface area contributed by atoms with Crippen LogP contribution in [0.4, 0.5) is 11.8 Å². The van der Waals surface area contributed by atoms with Crippen molar-refractivity contribution in [2.45, 2.75) is 20.3 Å². The molecule has 3 rings (SSSR count). The van der Waals surface area contributed by atoms with Crippen LogP contribution in [0.25, 0.3) is 0 Å². The van der Waals surface area contributed by atoms with Crippen LogP contribution in [0, 0.1) is 13.8 Å². The average Bonchev–Trinajstić information content (AvgIpc) is 2.80. The van der Waals surface area contributed by atoms with Crippen molar-refractivity contribution in [1.29, 1.82) is 0 Å². The molecule has 2 aromatic heterocycles. The molecule has 0 radical (unpaired) electrons. The molecule has 1 aliphatic heterocycles. The number of carbonyl (C=O) groups excluding carboxylic acids is 1. The van der Waals surface area contributed by atoms with Crippen LogP contribution in [0.2, 0.25) is 0 Å². The Morgan fingerprint density at radius 1 is 1.30 bits per heavy atom. The molecule has 0 atom stereocenters. The van der Waals surface area contributed by atoms with Gasteiger partial charge in [0.2, 0.25) is 5.95 Å². The number of rotatable bonds is 2. The van der Waals surface area contributed by atoms with Gasteiger partial charge in [-0.15, -0.1) is 11.3 Å². The van der Waals surface area contributed by atoms with E-state index >= 15 is 0 Å². The zero-order valence-corrected chi connectivity index (χ0v) is 16.0. The molecule has 0 spiro atoms. The van der Waals surface area contributed by atoms with Crippen molar-refractivity contribution in [2.24, 2.45) is 0 Å². The Hall–Kier alpha value is -2.95. The summed E-state index contributed by atoms with van der Waals surface area (Å²) in [5.41, 5.74) is 6.12. The number of thiazole rings is 1. The molecule has 1 saturated heterocycles. The van der Waals surface area contributed by atoms with Crippen molar-refractivity contribution < 1.29 is 14.7 Å². The monoisotopic (exact) mass is 394 g/mol. The number of hydrogen-bond acceptors (Lipinski definition) is 8. The van der Waals surface area contributed by atoms with Crippen LogP contribution in [0.15, 0.2) is 10.9 Å². The smallest absolute Gasteiger partial charge is 0.290 e. The summed E-state index contributed by atoms with van der Waals surface area (Å²) in [6, 6.07) is 1.44. The number of aromatic nitrogens is 3. The molecule has 0 aromatic carbocycles. The summed E-state index contributed by atoms with van der Waals surface area (Å²) >= 11 is 1.43. The first-order chi connectivity index (χ1) is 12.8. The van der Waals surface area contributed by atoms with Gasteiger partial charge in [0.05, 0.1) is 10.7 Å². The number of nitrogens with two attached hydrogens (primary N) is 1. The molecular weight excluding hydrogens is 372 g/mol. The van der Waals surface area contributed by atoms with E-state index in [1.807, 2.05) is 23.6 Å². The van der Waals surface area contributed by atoms with Crippen molar-refractivity contribution >= 4 is 35.5 Å². The maximum absolute atomic E-state index is 12.7. The molecule has 0 aliphatic carbocycles. The lowest BCUT2D eigenvalue weighted by atomic mass is 10.3. The van der Waals surface area contributed by atoms with Gasteiger partial charge in [-0.05, 0) is 20.3 Å². The van der Waals surface area contributed by atoms with Gasteiger partial charge >= 0.3 is 0 Å². The molecule has 10 nitrogen and oxygen atoms in total. The molecule has 2 aromatic rings. The van der Waals surface area contributed by atoms with Gasteiger partial charge in [0.25, 0.3) is 17.9 Å². The standard InChI is InChI=1S/C15H20N6O2S.CH2O2/c1-9-13(24-10(2)17-9)14(23)21-5-3-4-20(6-7-21)11-8-12(22)19-15(16)18-11;2-1-3/h8H,3-7H2,1-2H3,(H3,16,18,19,22);1H,(H,2,3). The molecule has 0 unspecified atom stereocenters. The molecule has 3 heterocycles. The maximum Gasteiger partial charge on any atom is 0.290 e. The Balaban J connectivity index is 0.000000817. The molecule has 0 bridgehead atoms. The molecule has 27 heavy (non-hydrogen) atoms. The third-order valence-corrected chi connectivity index (χ3v) is 5.01. The molecule has 4 N–H and O–H groups in total. The van der Waals surface area contributed by atoms with Crippen molar-refractivity contribution in [1.82, 2.24) is 19.9 Å². The van der Waals surface area contributed by atoms with E-state index < -0.39 is 0 Å². The number of carbonyl (C=O) groups is 2. The highest BCUT2D eigenvalue weighted by atomic mass is 32.1. The summed E-state index contributed by atoms with van der Waals surface area (Å²) in [6.45, 7) is 6.10. The van der Waals surface area contributed by atoms with E-state index in [9.17, 15) is 9.59 Å². The van der Waals surface area contributed by atoms with E-state index in [4.69, 9.17) is 15.6 Å². The second kappa shape index (κ2) is 9.12. The third-order valence-electron chi connectivity index (χ3n) is 3.95. The van der Waals surface area contributed by atoms with Gasteiger partial charge in [0, 0.05) is 32.2 Å². The fourth-order valence-electron chi connectivity index (χ4n) is 2.85. The highest BCUT2D eigenvalue weighted by molar-refractivity contribution is 7.13. The van der Waals surface area contributed by atoms with E-state index in [2.05, 4.69) is 15.0 Å². The summed E-state index contributed by atoms with van der Waals surface area (Å²) in [5.74, 6) is 0.680. The largest absolute Gasteiger partial charge is 0.483 e. The fourth-order valence-corrected chi connectivity index (χ4v) is 3.74. The van der Waals surface area contributed by atoms with E-state index in [0.717, 1.165) is 23.7 Å². The highest BCUT2D eigenvalue weighted by Crippen LogP contribution is 2.21. The zero-order valence-electron chi connectivity index (χ0n) is 15.1. The number of H-pyrrole nitrogens is 1. The molecular formula is C16H22N6O4S. The Bertz CT molecular complexity index is 865. The third kappa shape index (κ3) is 5.26. The van der Waals surface area contributed by atoms with Crippen LogP contribution in [0.1, 0.15) is 26.8 Å². The first kappa shape index (κ1) is 20.4. The Labute approximate surface area is 159 Å². The number of anilines is 2. The number of nitrogens with one attached hydrogen (secondary N) is 1. The molecule has 11 heteroatoms. The summed E-state index contributed by atoms with van der Waals surface area (Å²) in [6.07, 6.45) is 0.803. The second-order valence-electron chi connectivity index (χ2n) is 5.87. The quantitative estimate of drug-likeness (QED) is 0.624. The normalized spacial score (nSPS) is 14.1. The first-order valence-corrected chi connectivity index (χ1v) is 9.10. The number of aromatic amines is 1. The predicted molar refractivity (Wildman–Crippen MR) is 102 cm³/mol. The maximum atomic E-state index is 12.7. The van der Waals surface area contributed by atoms with Gasteiger partial charge in [-0.25, -0.2) is 4.98 Å². The van der Waals surface area contributed by atoms with E-state index in [1.165, 1.54) is 17.4 Å². The van der Waals surface area contributed by atoms with Crippen molar-refractivity contribution in [3.63, 3.8) is 0 Å². The van der Waals surface area contributed by atoms with Crippen LogP contribution >= 0.6 is 11.3 Å². The van der Waals surface area contributed by atoms with Crippen LogP contribution in [-0.4, -0.2) is 63.5 Å². The van der Waals surface area contributed by atoms with Gasteiger partial charge in [0.1, 0.15) is 10.7 Å². The number of nitrogen functional groups attached to an aromatic ring is 1. The minimum atomic E-state index is -0.273. The van der Waals surface area contributed by atoms with Crippen LogP contribution in [-0.2, 0) is 4.79 Å². The van der Waals surface area contributed by atoms with Crippen molar-refractivity contribution in [3.8, 4) is 0 Å². The van der Waals surface area contributed by atoms with Gasteiger partial charge in [0.15, 0.2) is 0 Å². The number of nitrogens with zero attached hydrogens (tertiary/aromatic N) is 4. The SMILES string of the molecule is Cc1nc(C)c(C(=O)N2CCCN(c3cc(=O)[nH]c(N)n3)CC2)s1.O=CO. The van der Waals surface area contributed by atoms with Crippen molar-refractivity contribution in [3.05, 3.63) is 32.0 Å². The lowest BCUT2D eigenvalue weighted by Gasteiger charge is -2.22. The Morgan fingerprint density at radius 2 is 2.00 bits per heavy atom. The summed E-state index contributed by atoms with van der Waals surface area (Å²) in [7, 11) is 0. The second-order valence-corrected chi connectivity index (χ2v) is 7.08.